The van der Waals surface area contributed by atoms with E-state index in [4.69, 9.17) is 5.73 Å². The SMILES string of the molecule is Cc1ccn2c(N)c(-c3csc([N+](=O)[O-])c3)nc2c1. The molecule has 2 N–H and O–H groups in total. The van der Waals surface area contributed by atoms with Crippen LogP contribution in [0.4, 0.5) is 10.8 Å². The fourth-order valence-electron chi connectivity index (χ4n) is 1.92. The zero-order chi connectivity index (χ0) is 13.6. The van der Waals surface area contributed by atoms with Crippen molar-refractivity contribution < 1.29 is 4.92 Å². The van der Waals surface area contributed by atoms with E-state index in [2.05, 4.69) is 4.98 Å². The number of nitrogen functional groups attached to an aromatic ring is 1. The Labute approximate surface area is 112 Å². The van der Waals surface area contributed by atoms with Crippen molar-refractivity contribution in [2.45, 2.75) is 6.92 Å². The molecule has 6 nitrogen and oxygen atoms in total. The lowest BCUT2D eigenvalue weighted by Crippen LogP contribution is -1.93. The molecule has 96 valence electrons. The predicted octanol–water partition coefficient (Wildman–Crippen LogP) is 2.86. The normalized spacial score (nSPS) is 11.0. The summed E-state index contributed by atoms with van der Waals surface area (Å²) in [6.45, 7) is 1.97. The van der Waals surface area contributed by atoms with Crippen molar-refractivity contribution in [3.05, 3.63) is 45.5 Å². The number of imidazole rings is 1. The molecular formula is C12H10N4O2S. The first-order valence-corrected chi connectivity index (χ1v) is 6.41. The highest BCUT2D eigenvalue weighted by atomic mass is 32.1. The summed E-state index contributed by atoms with van der Waals surface area (Å²) in [5.74, 6) is 0.489. The minimum atomic E-state index is -0.412. The zero-order valence-electron chi connectivity index (χ0n) is 10.0. The molecule has 0 radical (unpaired) electrons. The molecule has 0 aliphatic heterocycles. The fraction of sp³-hybridized carbons (Fsp3) is 0.0833. The molecule has 3 rings (SSSR count). The first-order chi connectivity index (χ1) is 9.06. The topological polar surface area (TPSA) is 86.5 Å². The van der Waals surface area contributed by atoms with Gasteiger partial charge in [-0.1, -0.05) is 11.3 Å². The van der Waals surface area contributed by atoms with Gasteiger partial charge >= 0.3 is 5.00 Å². The van der Waals surface area contributed by atoms with Crippen LogP contribution in [-0.2, 0) is 0 Å². The molecule has 0 saturated carbocycles. The highest BCUT2D eigenvalue weighted by molar-refractivity contribution is 7.13. The smallest absolute Gasteiger partial charge is 0.324 e. The second-order valence-corrected chi connectivity index (χ2v) is 5.10. The number of hydrogen-bond donors (Lipinski definition) is 1. The molecule has 0 atom stereocenters. The van der Waals surface area contributed by atoms with Crippen LogP contribution in [0.2, 0.25) is 0 Å². The van der Waals surface area contributed by atoms with E-state index in [1.165, 1.54) is 6.07 Å². The number of thiophene rings is 1. The molecule has 0 amide bonds. The third-order valence-electron chi connectivity index (χ3n) is 2.86. The van der Waals surface area contributed by atoms with Crippen molar-refractivity contribution in [3.63, 3.8) is 0 Å². The molecule has 3 aromatic heterocycles. The van der Waals surface area contributed by atoms with Crippen molar-refractivity contribution in [1.82, 2.24) is 9.38 Å². The van der Waals surface area contributed by atoms with E-state index in [0.717, 1.165) is 22.5 Å². The van der Waals surface area contributed by atoms with Gasteiger partial charge in [0.1, 0.15) is 17.2 Å². The van der Waals surface area contributed by atoms with Crippen LogP contribution in [-0.4, -0.2) is 14.3 Å². The van der Waals surface area contributed by atoms with E-state index in [9.17, 15) is 10.1 Å². The van der Waals surface area contributed by atoms with Gasteiger partial charge in [-0.3, -0.25) is 14.5 Å². The molecular weight excluding hydrogens is 264 g/mol. The monoisotopic (exact) mass is 274 g/mol. The second-order valence-electron chi connectivity index (χ2n) is 4.21. The number of anilines is 1. The average Bonchev–Trinajstić information content (AvgIpc) is 2.94. The van der Waals surface area contributed by atoms with Gasteiger partial charge in [-0.15, -0.1) is 0 Å². The fourth-order valence-corrected chi connectivity index (χ4v) is 2.63. The van der Waals surface area contributed by atoms with E-state index in [1.807, 2.05) is 25.3 Å². The van der Waals surface area contributed by atoms with Crippen LogP contribution in [0.25, 0.3) is 16.9 Å². The number of nitrogens with two attached hydrogens (primary N) is 1. The van der Waals surface area contributed by atoms with Gasteiger partial charge in [-0.05, 0) is 24.6 Å². The van der Waals surface area contributed by atoms with E-state index in [0.29, 0.717) is 17.1 Å². The van der Waals surface area contributed by atoms with E-state index >= 15 is 0 Å². The van der Waals surface area contributed by atoms with Crippen LogP contribution in [0.1, 0.15) is 5.56 Å². The number of rotatable bonds is 2. The lowest BCUT2D eigenvalue weighted by atomic mass is 10.2. The Morgan fingerprint density at radius 2 is 2.26 bits per heavy atom. The molecule has 0 aliphatic carbocycles. The largest absolute Gasteiger partial charge is 0.383 e. The van der Waals surface area contributed by atoms with Gasteiger partial charge in [-0.2, -0.15) is 0 Å². The number of nitro groups is 1. The molecule has 0 fully saturated rings. The molecule has 0 bridgehead atoms. The number of aryl methyl sites for hydroxylation is 1. The van der Waals surface area contributed by atoms with Gasteiger partial charge in [-0.25, -0.2) is 4.98 Å². The molecule has 0 unspecified atom stereocenters. The minimum absolute atomic E-state index is 0.0858. The Bertz CT molecular complexity index is 790. The van der Waals surface area contributed by atoms with Crippen LogP contribution in [0, 0.1) is 17.0 Å². The lowest BCUT2D eigenvalue weighted by molar-refractivity contribution is -0.380. The molecule has 3 heterocycles. The Kier molecular flexibility index (Phi) is 2.49. The summed E-state index contributed by atoms with van der Waals surface area (Å²) in [5.41, 5.74) is 9.12. The Morgan fingerprint density at radius 3 is 2.95 bits per heavy atom. The third-order valence-corrected chi connectivity index (χ3v) is 3.74. The van der Waals surface area contributed by atoms with E-state index in [1.54, 1.807) is 9.78 Å². The molecule has 0 aliphatic rings. The van der Waals surface area contributed by atoms with E-state index in [-0.39, 0.29) is 5.00 Å². The first-order valence-electron chi connectivity index (χ1n) is 5.54. The summed E-state index contributed by atoms with van der Waals surface area (Å²) < 4.78 is 1.77. The van der Waals surface area contributed by atoms with Crippen LogP contribution in [0.3, 0.4) is 0 Å². The Balaban J connectivity index is 2.18. The number of fused-ring (bicyclic) bond motifs is 1. The predicted molar refractivity (Wildman–Crippen MR) is 74.3 cm³/mol. The van der Waals surface area contributed by atoms with Gasteiger partial charge in [0.05, 0.1) is 4.92 Å². The molecule has 19 heavy (non-hydrogen) atoms. The van der Waals surface area contributed by atoms with Gasteiger partial charge < -0.3 is 5.73 Å². The minimum Gasteiger partial charge on any atom is -0.383 e. The molecule has 3 aromatic rings. The molecule has 0 aromatic carbocycles. The number of hydrogen-bond acceptors (Lipinski definition) is 5. The maximum atomic E-state index is 10.7. The quantitative estimate of drug-likeness (QED) is 0.575. The van der Waals surface area contributed by atoms with Crippen molar-refractivity contribution in [3.8, 4) is 11.3 Å². The highest BCUT2D eigenvalue weighted by Crippen LogP contribution is 2.33. The Morgan fingerprint density at radius 1 is 1.47 bits per heavy atom. The van der Waals surface area contributed by atoms with Gasteiger partial charge in [0, 0.05) is 23.2 Å². The van der Waals surface area contributed by atoms with Crippen LogP contribution >= 0.6 is 11.3 Å². The van der Waals surface area contributed by atoms with Crippen molar-refractivity contribution >= 4 is 27.8 Å². The Hall–Kier alpha value is -2.41. The average molecular weight is 274 g/mol. The van der Waals surface area contributed by atoms with Crippen LogP contribution < -0.4 is 5.73 Å². The molecule has 0 spiro atoms. The maximum Gasteiger partial charge on any atom is 0.324 e. The number of nitrogens with zero attached hydrogens (tertiary/aromatic N) is 3. The summed E-state index contributed by atoms with van der Waals surface area (Å²) >= 11 is 1.07. The summed E-state index contributed by atoms with van der Waals surface area (Å²) in [4.78, 5) is 14.7. The van der Waals surface area contributed by atoms with Crippen LogP contribution in [0.5, 0.6) is 0 Å². The maximum absolute atomic E-state index is 10.7. The summed E-state index contributed by atoms with van der Waals surface area (Å²) in [7, 11) is 0. The second kappa shape index (κ2) is 4.06. The summed E-state index contributed by atoms with van der Waals surface area (Å²) in [6.07, 6.45) is 1.84. The lowest BCUT2D eigenvalue weighted by Gasteiger charge is -1.97. The summed E-state index contributed by atoms with van der Waals surface area (Å²) in [5, 5.41) is 12.5. The van der Waals surface area contributed by atoms with E-state index < -0.39 is 4.92 Å². The third kappa shape index (κ3) is 1.84. The van der Waals surface area contributed by atoms with Crippen LogP contribution in [0.15, 0.2) is 29.8 Å². The standard InChI is InChI=1S/C12H10N4O2S/c1-7-2-3-15-9(4-7)14-11(12(15)13)8-5-10(16(17)18)19-6-8/h2-6H,13H2,1H3. The van der Waals surface area contributed by atoms with Gasteiger partial charge in [0.25, 0.3) is 0 Å². The van der Waals surface area contributed by atoms with Crippen molar-refractivity contribution in [2.75, 3.05) is 5.73 Å². The van der Waals surface area contributed by atoms with Crippen molar-refractivity contribution in [1.29, 1.82) is 0 Å². The highest BCUT2D eigenvalue weighted by Gasteiger charge is 2.16. The molecule has 7 heteroatoms. The number of aromatic nitrogens is 2. The number of pyridine rings is 1. The molecule has 0 saturated heterocycles. The van der Waals surface area contributed by atoms with Crippen molar-refractivity contribution in [2.24, 2.45) is 0 Å². The van der Waals surface area contributed by atoms with Gasteiger partial charge in [0.2, 0.25) is 0 Å². The van der Waals surface area contributed by atoms with Gasteiger partial charge in [0.15, 0.2) is 0 Å². The zero-order valence-corrected chi connectivity index (χ0v) is 10.8. The summed E-state index contributed by atoms with van der Waals surface area (Å²) in [6, 6.07) is 5.35. The first kappa shape index (κ1) is 11.7.